The normalized spacial score (nSPS) is 13.4. The Morgan fingerprint density at radius 2 is 2.30 bits per heavy atom. The summed E-state index contributed by atoms with van der Waals surface area (Å²) in [5.41, 5.74) is 7.97. The van der Waals surface area contributed by atoms with E-state index in [0.29, 0.717) is 25.3 Å². The standard InChI is InChI=1S/C14H19N3O3/c1-20-6-2-5-16-13(18)9-17-12-4-3-11(15)7-10(12)8-14(17)19/h3-4,7H,2,5-6,8-9,15H2,1H3,(H,16,18). The molecule has 0 aromatic heterocycles. The first-order valence-corrected chi connectivity index (χ1v) is 6.56. The molecule has 0 bridgehead atoms. The highest BCUT2D eigenvalue weighted by atomic mass is 16.5. The number of hydrogen-bond acceptors (Lipinski definition) is 4. The first kappa shape index (κ1) is 14.3. The first-order valence-electron chi connectivity index (χ1n) is 6.56. The Morgan fingerprint density at radius 3 is 3.05 bits per heavy atom. The van der Waals surface area contributed by atoms with E-state index < -0.39 is 0 Å². The molecule has 6 nitrogen and oxygen atoms in total. The Balaban J connectivity index is 1.93. The Labute approximate surface area is 117 Å². The number of anilines is 2. The van der Waals surface area contributed by atoms with Gasteiger partial charge in [0.15, 0.2) is 0 Å². The summed E-state index contributed by atoms with van der Waals surface area (Å²) in [6.07, 6.45) is 1.06. The number of carbonyl (C=O) groups excluding carboxylic acids is 2. The summed E-state index contributed by atoms with van der Waals surface area (Å²) in [7, 11) is 1.62. The fourth-order valence-electron chi connectivity index (χ4n) is 2.22. The van der Waals surface area contributed by atoms with Gasteiger partial charge in [-0.05, 0) is 30.2 Å². The SMILES string of the molecule is COCCCNC(=O)CN1C(=O)Cc2cc(N)ccc21. The van der Waals surface area contributed by atoms with E-state index in [1.165, 1.54) is 4.90 Å². The number of rotatable bonds is 6. The molecule has 0 spiro atoms. The second-order valence-electron chi connectivity index (χ2n) is 4.74. The third-order valence-electron chi connectivity index (χ3n) is 3.19. The van der Waals surface area contributed by atoms with Gasteiger partial charge in [-0.2, -0.15) is 0 Å². The van der Waals surface area contributed by atoms with Gasteiger partial charge in [0.1, 0.15) is 6.54 Å². The highest BCUT2D eigenvalue weighted by Gasteiger charge is 2.28. The number of hydrogen-bond donors (Lipinski definition) is 2. The van der Waals surface area contributed by atoms with Crippen molar-refractivity contribution in [1.82, 2.24) is 5.32 Å². The quantitative estimate of drug-likeness (QED) is 0.579. The van der Waals surface area contributed by atoms with Crippen molar-refractivity contribution < 1.29 is 14.3 Å². The van der Waals surface area contributed by atoms with Gasteiger partial charge in [0.2, 0.25) is 11.8 Å². The van der Waals surface area contributed by atoms with Crippen molar-refractivity contribution in [3.8, 4) is 0 Å². The van der Waals surface area contributed by atoms with Crippen LogP contribution in [0.15, 0.2) is 18.2 Å². The van der Waals surface area contributed by atoms with Crippen molar-refractivity contribution in [2.45, 2.75) is 12.8 Å². The minimum atomic E-state index is -0.167. The summed E-state index contributed by atoms with van der Waals surface area (Å²) in [5.74, 6) is -0.239. The zero-order valence-electron chi connectivity index (χ0n) is 11.5. The molecule has 0 aliphatic carbocycles. The number of nitrogens with zero attached hydrogens (tertiary/aromatic N) is 1. The maximum Gasteiger partial charge on any atom is 0.240 e. The molecule has 2 amide bonds. The Bertz CT molecular complexity index is 516. The fraction of sp³-hybridized carbons (Fsp3) is 0.429. The summed E-state index contributed by atoms with van der Waals surface area (Å²) < 4.78 is 4.90. The van der Waals surface area contributed by atoms with Crippen molar-refractivity contribution in [3.05, 3.63) is 23.8 Å². The van der Waals surface area contributed by atoms with E-state index in [-0.39, 0.29) is 18.4 Å². The molecule has 1 heterocycles. The molecule has 1 aliphatic rings. The third kappa shape index (κ3) is 3.27. The molecule has 108 valence electrons. The van der Waals surface area contributed by atoms with E-state index in [0.717, 1.165) is 17.7 Å². The van der Waals surface area contributed by atoms with Crippen LogP contribution >= 0.6 is 0 Å². The van der Waals surface area contributed by atoms with Crippen molar-refractivity contribution in [2.24, 2.45) is 0 Å². The first-order chi connectivity index (χ1) is 9.61. The number of nitrogens with two attached hydrogens (primary N) is 1. The molecular formula is C14H19N3O3. The van der Waals surface area contributed by atoms with Crippen LogP contribution in [0.2, 0.25) is 0 Å². The fourth-order valence-corrected chi connectivity index (χ4v) is 2.22. The molecule has 0 saturated heterocycles. The summed E-state index contributed by atoms with van der Waals surface area (Å²) in [5, 5.41) is 2.77. The zero-order valence-corrected chi connectivity index (χ0v) is 11.5. The molecule has 0 atom stereocenters. The predicted molar refractivity (Wildman–Crippen MR) is 76.4 cm³/mol. The lowest BCUT2D eigenvalue weighted by molar-refractivity contribution is -0.123. The molecule has 0 saturated carbocycles. The van der Waals surface area contributed by atoms with Crippen molar-refractivity contribution >= 4 is 23.2 Å². The summed E-state index contributed by atoms with van der Waals surface area (Å²) in [6.45, 7) is 1.19. The van der Waals surface area contributed by atoms with Gasteiger partial charge in [0, 0.05) is 31.6 Å². The summed E-state index contributed by atoms with van der Waals surface area (Å²) in [4.78, 5) is 25.3. The minimum Gasteiger partial charge on any atom is -0.399 e. The molecular weight excluding hydrogens is 258 g/mol. The number of nitrogens with one attached hydrogen (secondary N) is 1. The lowest BCUT2D eigenvalue weighted by Crippen LogP contribution is -2.39. The number of amides is 2. The number of benzene rings is 1. The average Bonchev–Trinajstić information content (AvgIpc) is 2.70. The Hall–Kier alpha value is -2.08. The van der Waals surface area contributed by atoms with Crippen LogP contribution in [0, 0.1) is 0 Å². The van der Waals surface area contributed by atoms with E-state index in [2.05, 4.69) is 5.32 Å². The van der Waals surface area contributed by atoms with Crippen LogP contribution in [-0.2, 0) is 20.7 Å². The molecule has 0 radical (unpaired) electrons. The van der Waals surface area contributed by atoms with E-state index in [4.69, 9.17) is 10.5 Å². The van der Waals surface area contributed by atoms with E-state index in [9.17, 15) is 9.59 Å². The van der Waals surface area contributed by atoms with Gasteiger partial charge in [-0.25, -0.2) is 0 Å². The van der Waals surface area contributed by atoms with Gasteiger partial charge in [-0.3, -0.25) is 9.59 Å². The van der Waals surface area contributed by atoms with Crippen LogP contribution in [0.4, 0.5) is 11.4 Å². The molecule has 0 fully saturated rings. The number of nitrogen functional groups attached to an aromatic ring is 1. The third-order valence-corrected chi connectivity index (χ3v) is 3.19. The average molecular weight is 277 g/mol. The maximum absolute atomic E-state index is 11.9. The largest absolute Gasteiger partial charge is 0.399 e. The lowest BCUT2D eigenvalue weighted by atomic mass is 10.1. The smallest absolute Gasteiger partial charge is 0.240 e. The van der Waals surface area contributed by atoms with Gasteiger partial charge in [-0.15, -0.1) is 0 Å². The van der Waals surface area contributed by atoms with Crippen molar-refractivity contribution in [3.63, 3.8) is 0 Å². The molecule has 3 N–H and O–H groups in total. The molecule has 20 heavy (non-hydrogen) atoms. The van der Waals surface area contributed by atoms with Gasteiger partial charge >= 0.3 is 0 Å². The van der Waals surface area contributed by atoms with Crippen LogP contribution in [0.3, 0.4) is 0 Å². The second-order valence-corrected chi connectivity index (χ2v) is 4.74. The van der Waals surface area contributed by atoms with Gasteiger partial charge < -0.3 is 20.7 Å². The predicted octanol–water partition coefficient (Wildman–Crippen LogP) is 0.311. The van der Waals surface area contributed by atoms with Crippen LogP contribution in [0.1, 0.15) is 12.0 Å². The van der Waals surface area contributed by atoms with Crippen LogP contribution in [0.25, 0.3) is 0 Å². The second kappa shape index (κ2) is 6.38. The highest BCUT2D eigenvalue weighted by molar-refractivity contribution is 6.05. The van der Waals surface area contributed by atoms with Gasteiger partial charge in [0.05, 0.1) is 6.42 Å². The van der Waals surface area contributed by atoms with Gasteiger partial charge in [-0.1, -0.05) is 0 Å². The van der Waals surface area contributed by atoms with Crippen LogP contribution < -0.4 is 16.0 Å². The Kier molecular flexibility index (Phi) is 4.57. The lowest BCUT2D eigenvalue weighted by Gasteiger charge is -2.17. The number of carbonyl (C=O) groups is 2. The summed E-state index contributed by atoms with van der Waals surface area (Å²) in [6, 6.07) is 5.30. The van der Waals surface area contributed by atoms with Crippen molar-refractivity contribution in [2.75, 3.05) is 37.4 Å². The van der Waals surface area contributed by atoms with Crippen LogP contribution in [-0.4, -0.2) is 38.6 Å². The molecule has 6 heteroatoms. The number of fused-ring (bicyclic) bond motifs is 1. The zero-order chi connectivity index (χ0) is 14.5. The molecule has 1 aromatic carbocycles. The van der Waals surface area contributed by atoms with Crippen LogP contribution in [0.5, 0.6) is 0 Å². The van der Waals surface area contributed by atoms with E-state index in [1.54, 1.807) is 25.3 Å². The van der Waals surface area contributed by atoms with Crippen molar-refractivity contribution in [1.29, 1.82) is 0 Å². The van der Waals surface area contributed by atoms with E-state index in [1.807, 2.05) is 0 Å². The van der Waals surface area contributed by atoms with Gasteiger partial charge in [0.25, 0.3) is 0 Å². The molecule has 2 rings (SSSR count). The maximum atomic E-state index is 11.9. The monoisotopic (exact) mass is 277 g/mol. The number of ether oxygens (including phenoxy) is 1. The Morgan fingerprint density at radius 1 is 1.50 bits per heavy atom. The minimum absolute atomic E-state index is 0.0444. The number of methoxy groups -OCH3 is 1. The molecule has 1 aliphatic heterocycles. The molecule has 0 unspecified atom stereocenters. The highest BCUT2D eigenvalue weighted by Crippen LogP contribution is 2.30. The molecule has 1 aromatic rings. The summed E-state index contributed by atoms with van der Waals surface area (Å²) >= 11 is 0. The van der Waals surface area contributed by atoms with E-state index >= 15 is 0 Å². The topological polar surface area (TPSA) is 84.7 Å².